The van der Waals surface area contributed by atoms with E-state index in [0.29, 0.717) is 23.7 Å². The highest BCUT2D eigenvalue weighted by molar-refractivity contribution is 14.1. The summed E-state index contributed by atoms with van der Waals surface area (Å²) < 4.78 is 12.2. The standard InChI is InChI=1S/C19H17ClINO5/c1-11(23)22-16(19(24)25)8-13-7-15(20)18(17(9-13)26-2)27-10-12-3-5-14(21)6-4-12/h3-9H,10H2,1-2H3,(H,22,23)(H,24,25). The van der Waals surface area contributed by atoms with E-state index in [4.69, 9.17) is 21.1 Å². The van der Waals surface area contributed by atoms with E-state index in [1.54, 1.807) is 6.07 Å². The van der Waals surface area contributed by atoms with E-state index in [-0.39, 0.29) is 10.7 Å². The summed E-state index contributed by atoms with van der Waals surface area (Å²) in [5, 5.41) is 11.7. The number of halogens is 2. The number of rotatable bonds is 7. The van der Waals surface area contributed by atoms with Crippen LogP contribution in [0.3, 0.4) is 0 Å². The number of hydrogen-bond donors (Lipinski definition) is 2. The fourth-order valence-corrected chi connectivity index (χ4v) is 2.84. The van der Waals surface area contributed by atoms with Gasteiger partial charge in [-0.1, -0.05) is 23.7 Å². The van der Waals surface area contributed by atoms with Gasteiger partial charge in [-0.25, -0.2) is 4.79 Å². The van der Waals surface area contributed by atoms with Crippen molar-refractivity contribution in [2.75, 3.05) is 7.11 Å². The van der Waals surface area contributed by atoms with Gasteiger partial charge in [-0.15, -0.1) is 0 Å². The molecule has 0 aliphatic heterocycles. The zero-order valence-electron chi connectivity index (χ0n) is 14.6. The van der Waals surface area contributed by atoms with E-state index >= 15 is 0 Å². The molecule has 0 fully saturated rings. The second kappa shape index (κ2) is 9.61. The van der Waals surface area contributed by atoms with Crippen molar-refractivity contribution in [3.05, 3.63) is 61.8 Å². The van der Waals surface area contributed by atoms with Crippen LogP contribution in [0.25, 0.3) is 6.08 Å². The fraction of sp³-hybridized carbons (Fsp3) is 0.158. The number of carbonyl (C=O) groups excluding carboxylic acids is 1. The average Bonchev–Trinajstić information content (AvgIpc) is 2.60. The highest BCUT2D eigenvalue weighted by atomic mass is 127. The Hall–Kier alpha value is -2.26. The number of carbonyl (C=O) groups is 2. The van der Waals surface area contributed by atoms with Crippen LogP contribution >= 0.6 is 34.2 Å². The first-order valence-corrected chi connectivity index (χ1v) is 9.23. The lowest BCUT2D eigenvalue weighted by Crippen LogP contribution is -2.24. The summed E-state index contributed by atoms with van der Waals surface area (Å²) in [6.45, 7) is 1.53. The molecule has 2 aromatic carbocycles. The second-order valence-corrected chi connectivity index (χ2v) is 7.15. The van der Waals surface area contributed by atoms with Crippen LogP contribution in [0.1, 0.15) is 18.1 Å². The maximum absolute atomic E-state index is 11.3. The lowest BCUT2D eigenvalue weighted by atomic mass is 10.1. The molecule has 8 heteroatoms. The number of benzene rings is 2. The average molecular weight is 502 g/mol. The normalized spacial score (nSPS) is 11.0. The summed E-state index contributed by atoms with van der Waals surface area (Å²) in [5.41, 5.74) is 1.15. The molecule has 0 bridgehead atoms. The predicted molar refractivity (Wildman–Crippen MR) is 111 cm³/mol. The van der Waals surface area contributed by atoms with Gasteiger partial charge in [-0.05, 0) is 64.1 Å². The first-order valence-electron chi connectivity index (χ1n) is 7.77. The topological polar surface area (TPSA) is 84.9 Å². The van der Waals surface area contributed by atoms with Crippen LogP contribution in [0, 0.1) is 3.57 Å². The Morgan fingerprint density at radius 1 is 1.26 bits per heavy atom. The summed E-state index contributed by atoms with van der Waals surface area (Å²) >= 11 is 8.53. The number of methoxy groups -OCH3 is 1. The molecule has 0 spiro atoms. The van der Waals surface area contributed by atoms with E-state index < -0.39 is 11.9 Å². The van der Waals surface area contributed by atoms with Gasteiger partial charge in [0.1, 0.15) is 12.3 Å². The van der Waals surface area contributed by atoms with Crippen LogP contribution < -0.4 is 14.8 Å². The Bertz CT molecular complexity index is 880. The van der Waals surface area contributed by atoms with Crippen molar-refractivity contribution in [2.45, 2.75) is 13.5 Å². The molecule has 0 aromatic heterocycles. The number of aliphatic carboxylic acids is 1. The molecule has 0 saturated heterocycles. The molecule has 6 nitrogen and oxygen atoms in total. The SMILES string of the molecule is COc1cc(C=C(NC(C)=O)C(=O)O)cc(Cl)c1OCc1ccc(I)cc1. The summed E-state index contributed by atoms with van der Waals surface area (Å²) in [7, 11) is 1.46. The summed E-state index contributed by atoms with van der Waals surface area (Å²) in [5.74, 6) is -1.04. The zero-order valence-corrected chi connectivity index (χ0v) is 17.5. The Balaban J connectivity index is 2.29. The van der Waals surface area contributed by atoms with Gasteiger partial charge >= 0.3 is 5.97 Å². The molecule has 2 rings (SSSR count). The lowest BCUT2D eigenvalue weighted by Gasteiger charge is -2.14. The van der Waals surface area contributed by atoms with E-state index in [1.165, 1.54) is 26.2 Å². The molecule has 0 heterocycles. The highest BCUT2D eigenvalue weighted by Gasteiger charge is 2.14. The third-order valence-corrected chi connectivity index (χ3v) is 4.40. The van der Waals surface area contributed by atoms with Crippen molar-refractivity contribution < 1.29 is 24.2 Å². The number of nitrogens with one attached hydrogen (secondary N) is 1. The van der Waals surface area contributed by atoms with E-state index in [0.717, 1.165) is 9.13 Å². The number of ether oxygens (including phenoxy) is 2. The second-order valence-electron chi connectivity index (χ2n) is 5.49. The van der Waals surface area contributed by atoms with Gasteiger partial charge in [0.15, 0.2) is 11.5 Å². The number of amides is 1. The van der Waals surface area contributed by atoms with Gasteiger partial charge in [0.25, 0.3) is 0 Å². The Labute approximate surface area is 175 Å². The van der Waals surface area contributed by atoms with Crippen molar-refractivity contribution >= 4 is 52.1 Å². The molecule has 0 atom stereocenters. The highest BCUT2D eigenvalue weighted by Crippen LogP contribution is 2.37. The maximum atomic E-state index is 11.3. The van der Waals surface area contributed by atoms with Crippen LogP contribution in [-0.4, -0.2) is 24.1 Å². The third kappa shape index (κ3) is 6.14. The van der Waals surface area contributed by atoms with E-state index in [1.807, 2.05) is 24.3 Å². The van der Waals surface area contributed by atoms with Crippen molar-refractivity contribution in [1.29, 1.82) is 0 Å². The number of hydrogen-bond acceptors (Lipinski definition) is 4. The smallest absolute Gasteiger partial charge is 0.352 e. The number of carboxylic acid groups (broad SMARTS) is 1. The molecule has 27 heavy (non-hydrogen) atoms. The van der Waals surface area contributed by atoms with Crippen LogP contribution in [0.5, 0.6) is 11.5 Å². The van der Waals surface area contributed by atoms with Crippen LogP contribution in [0.2, 0.25) is 5.02 Å². The van der Waals surface area contributed by atoms with Crippen molar-refractivity contribution in [3.63, 3.8) is 0 Å². The fourth-order valence-electron chi connectivity index (χ4n) is 2.21. The van der Waals surface area contributed by atoms with Gasteiger partial charge in [-0.3, -0.25) is 4.79 Å². The largest absolute Gasteiger partial charge is 0.493 e. The first kappa shape index (κ1) is 21.0. The molecule has 142 valence electrons. The first-order chi connectivity index (χ1) is 12.8. The molecule has 0 radical (unpaired) electrons. The van der Waals surface area contributed by atoms with Crippen molar-refractivity contribution in [3.8, 4) is 11.5 Å². The maximum Gasteiger partial charge on any atom is 0.352 e. The lowest BCUT2D eigenvalue weighted by molar-refractivity contribution is -0.134. The zero-order chi connectivity index (χ0) is 20.0. The van der Waals surface area contributed by atoms with Gasteiger partial charge in [0.2, 0.25) is 5.91 Å². The minimum absolute atomic E-state index is 0.263. The third-order valence-electron chi connectivity index (χ3n) is 3.40. The predicted octanol–water partition coefficient (Wildman–Crippen LogP) is 4.09. The molecular formula is C19H17ClINO5. The van der Waals surface area contributed by atoms with Gasteiger partial charge in [0.05, 0.1) is 12.1 Å². The molecular weight excluding hydrogens is 485 g/mol. The molecule has 2 aromatic rings. The summed E-state index contributed by atoms with van der Waals surface area (Å²) in [6.07, 6.45) is 1.29. The Kier molecular flexibility index (Phi) is 7.49. The Morgan fingerprint density at radius 2 is 1.93 bits per heavy atom. The van der Waals surface area contributed by atoms with Crippen LogP contribution in [-0.2, 0) is 16.2 Å². The molecule has 1 amide bonds. The molecule has 2 N–H and O–H groups in total. The molecule has 0 aliphatic rings. The van der Waals surface area contributed by atoms with E-state index in [9.17, 15) is 14.7 Å². The molecule has 0 unspecified atom stereocenters. The number of carboxylic acids is 1. The summed E-state index contributed by atoms with van der Waals surface area (Å²) in [6, 6.07) is 11.0. The van der Waals surface area contributed by atoms with Crippen LogP contribution in [0.15, 0.2) is 42.1 Å². The Morgan fingerprint density at radius 3 is 2.48 bits per heavy atom. The monoisotopic (exact) mass is 501 g/mol. The van der Waals surface area contributed by atoms with Crippen molar-refractivity contribution in [2.24, 2.45) is 0 Å². The van der Waals surface area contributed by atoms with Gasteiger partial charge < -0.3 is 19.9 Å². The minimum atomic E-state index is -1.26. The molecule has 0 saturated carbocycles. The molecule has 0 aliphatic carbocycles. The van der Waals surface area contributed by atoms with Gasteiger partial charge in [0, 0.05) is 10.5 Å². The van der Waals surface area contributed by atoms with Crippen molar-refractivity contribution in [1.82, 2.24) is 5.32 Å². The minimum Gasteiger partial charge on any atom is -0.493 e. The van der Waals surface area contributed by atoms with Crippen LogP contribution in [0.4, 0.5) is 0 Å². The van der Waals surface area contributed by atoms with Gasteiger partial charge in [-0.2, -0.15) is 0 Å². The summed E-state index contributed by atoms with van der Waals surface area (Å²) in [4.78, 5) is 22.4. The quantitative estimate of drug-likeness (QED) is 0.441. The van der Waals surface area contributed by atoms with E-state index in [2.05, 4.69) is 27.9 Å².